The molecular formula is C29H29Cl2F5N2O4. The molecule has 13 heteroatoms. The number of likely N-dealkylation sites (tertiary alicyclic amines) is 1. The fraction of sp³-hybridized carbons (Fsp3) is 0.345. The molecular weight excluding hydrogens is 606 g/mol. The Morgan fingerprint density at radius 1 is 0.905 bits per heavy atom. The Kier molecular flexibility index (Phi) is 11.4. The van der Waals surface area contributed by atoms with Gasteiger partial charge < -0.3 is 19.9 Å². The zero-order valence-electron chi connectivity index (χ0n) is 22.1. The molecule has 0 amide bonds. The fourth-order valence-corrected chi connectivity index (χ4v) is 5.20. The van der Waals surface area contributed by atoms with Gasteiger partial charge in [0.25, 0.3) is 0 Å². The van der Waals surface area contributed by atoms with E-state index in [1.807, 2.05) is 4.90 Å². The van der Waals surface area contributed by atoms with Crippen molar-refractivity contribution in [3.63, 3.8) is 0 Å². The SMILES string of the molecule is Cl.Cl.O=C(O)[C@H](Cc1ccc(OCCNC2C3CN(Cc4cc(F)c(F)cc4F)C[C@@H]32)cc1)Oc1cc(F)ccc1F. The third kappa shape index (κ3) is 8.03. The molecule has 0 radical (unpaired) electrons. The summed E-state index contributed by atoms with van der Waals surface area (Å²) in [6, 6.07) is 11.2. The molecule has 42 heavy (non-hydrogen) atoms. The molecule has 1 aliphatic carbocycles. The molecule has 6 nitrogen and oxygen atoms in total. The summed E-state index contributed by atoms with van der Waals surface area (Å²) >= 11 is 0. The lowest BCUT2D eigenvalue weighted by Crippen LogP contribution is -2.33. The highest BCUT2D eigenvalue weighted by molar-refractivity contribution is 5.85. The van der Waals surface area contributed by atoms with E-state index in [1.165, 1.54) is 0 Å². The summed E-state index contributed by atoms with van der Waals surface area (Å²) in [5.41, 5.74) is 0.768. The van der Waals surface area contributed by atoms with Crippen molar-refractivity contribution >= 4 is 30.8 Å². The molecule has 0 spiro atoms. The molecule has 1 saturated heterocycles. The minimum absolute atomic E-state index is 0. The van der Waals surface area contributed by atoms with Crippen molar-refractivity contribution in [2.45, 2.75) is 25.1 Å². The minimum atomic E-state index is -1.41. The van der Waals surface area contributed by atoms with Crippen LogP contribution in [-0.2, 0) is 17.8 Å². The largest absolute Gasteiger partial charge is 0.492 e. The number of hydrogen-bond acceptors (Lipinski definition) is 5. The number of carboxylic acid groups (broad SMARTS) is 1. The van der Waals surface area contributed by atoms with Gasteiger partial charge in [-0.2, -0.15) is 0 Å². The molecule has 2 aliphatic rings. The number of carbonyl (C=O) groups is 1. The normalized spacial score (nSPS) is 19.7. The van der Waals surface area contributed by atoms with E-state index in [4.69, 9.17) is 9.47 Å². The summed E-state index contributed by atoms with van der Waals surface area (Å²) < 4.78 is 78.7. The smallest absolute Gasteiger partial charge is 0.345 e. The highest BCUT2D eigenvalue weighted by Crippen LogP contribution is 2.45. The first-order valence-electron chi connectivity index (χ1n) is 12.8. The van der Waals surface area contributed by atoms with E-state index in [9.17, 15) is 31.9 Å². The van der Waals surface area contributed by atoms with Crippen LogP contribution in [-0.4, -0.2) is 54.4 Å². The molecule has 0 aromatic heterocycles. The fourth-order valence-electron chi connectivity index (χ4n) is 5.20. The molecule has 0 bridgehead atoms. The number of piperidine rings is 1. The maximum Gasteiger partial charge on any atom is 0.345 e. The van der Waals surface area contributed by atoms with Crippen LogP contribution in [0.4, 0.5) is 22.0 Å². The first kappa shape index (κ1) is 33.4. The number of benzene rings is 3. The number of hydrogen-bond donors (Lipinski definition) is 2. The number of carboxylic acids is 1. The van der Waals surface area contributed by atoms with Crippen LogP contribution < -0.4 is 14.8 Å². The second kappa shape index (κ2) is 14.4. The molecule has 1 heterocycles. The van der Waals surface area contributed by atoms with Crippen molar-refractivity contribution in [2.24, 2.45) is 11.8 Å². The zero-order chi connectivity index (χ0) is 28.4. The van der Waals surface area contributed by atoms with Crippen molar-refractivity contribution in [1.29, 1.82) is 0 Å². The van der Waals surface area contributed by atoms with Crippen LogP contribution in [0.5, 0.6) is 11.5 Å². The molecule has 5 rings (SSSR count). The van der Waals surface area contributed by atoms with Gasteiger partial charge in [0.1, 0.15) is 24.0 Å². The molecule has 3 aromatic carbocycles. The summed E-state index contributed by atoms with van der Waals surface area (Å²) in [5, 5.41) is 12.9. The Bertz CT molecular complexity index is 1370. The molecule has 2 N–H and O–H groups in total. The lowest BCUT2D eigenvalue weighted by molar-refractivity contribution is -0.145. The average Bonchev–Trinajstić information content (AvgIpc) is 3.36. The second-order valence-corrected chi connectivity index (χ2v) is 10.1. The number of ether oxygens (including phenoxy) is 2. The van der Waals surface area contributed by atoms with Gasteiger partial charge in [-0.3, -0.25) is 4.90 Å². The van der Waals surface area contributed by atoms with Crippen LogP contribution in [0, 0.1) is 40.9 Å². The van der Waals surface area contributed by atoms with Crippen molar-refractivity contribution in [3.8, 4) is 11.5 Å². The highest BCUT2D eigenvalue weighted by Gasteiger charge is 2.55. The quantitative estimate of drug-likeness (QED) is 0.158. The van der Waals surface area contributed by atoms with Gasteiger partial charge in [0.2, 0.25) is 0 Å². The van der Waals surface area contributed by atoms with Gasteiger partial charge >= 0.3 is 5.97 Å². The van der Waals surface area contributed by atoms with Crippen LogP contribution in [0.1, 0.15) is 11.1 Å². The second-order valence-electron chi connectivity index (χ2n) is 10.1. The molecule has 1 aliphatic heterocycles. The monoisotopic (exact) mass is 634 g/mol. The number of nitrogens with zero attached hydrogens (tertiary/aromatic N) is 1. The van der Waals surface area contributed by atoms with Gasteiger partial charge in [-0.15, -0.1) is 24.8 Å². The molecule has 3 aromatic rings. The topological polar surface area (TPSA) is 71.0 Å². The van der Waals surface area contributed by atoms with E-state index >= 15 is 0 Å². The Hall–Kier alpha value is -3.12. The zero-order valence-corrected chi connectivity index (χ0v) is 23.7. The van der Waals surface area contributed by atoms with Gasteiger partial charge in [0.15, 0.2) is 29.3 Å². The standard InChI is InChI=1S/C29H27F5N2O4.2ClH/c30-18-3-6-22(31)26(11-18)40-27(29(37)38)9-16-1-4-19(5-2-16)39-8-7-35-28-20-14-36(15-21(20)28)13-17-10-24(33)25(34)12-23(17)32;;/h1-6,10-12,20-21,27-28,35H,7-9,13-15H2,(H,37,38);2*1H/t20-,21?,27-,28?;;/m0../s1. The maximum atomic E-state index is 13.9. The molecule has 4 atom stereocenters. The van der Waals surface area contributed by atoms with Crippen molar-refractivity contribution in [1.82, 2.24) is 10.2 Å². The van der Waals surface area contributed by atoms with Crippen molar-refractivity contribution in [2.75, 3.05) is 26.2 Å². The summed E-state index contributed by atoms with van der Waals surface area (Å²) in [4.78, 5) is 13.6. The Labute approximate surface area is 251 Å². The Balaban J connectivity index is 0.00000242. The van der Waals surface area contributed by atoms with Crippen LogP contribution in [0.3, 0.4) is 0 Å². The third-order valence-electron chi connectivity index (χ3n) is 7.29. The number of rotatable bonds is 12. The van der Waals surface area contributed by atoms with Gasteiger partial charge in [-0.25, -0.2) is 26.7 Å². The first-order chi connectivity index (χ1) is 19.2. The van der Waals surface area contributed by atoms with E-state index in [0.29, 0.717) is 48.4 Å². The van der Waals surface area contributed by atoms with Gasteiger partial charge in [-0.1, -0.05) is 12.1 Å². The lowest BCUT2D eigenvalue weighted by Gasteiger charge is -2.20. The van der Waals surface area contributed by atoms with Crippen LogP contribution in [0.25, 0.3) is 0 Å². The van der Waals surface area contributed by atoms with Gasteiger partial charge in [0.05, 0.1) is 0 Å². The van der Waals surface area contributed by atoms with Crippen LogP contribution in [0.2, 0.25) is 0 Å². The third-order valence-corrected chi connectivity index (χ3v) is 7.29. The Morgan fingerprint density at radius 2 is 1.57 bits per heavy atom. The molecule has 228 valence electrons. The number of fused-ring (bicyclic) bond motifs is 1. The van der Waals surface area contributed by atoms with E-state index in [-0.39, 0.29) is 43.3 Å². The summed E-state index contributed by atoms with van der Waals surface area (Å²) in [7, 11) is 0. The van der Waals surface area contributed by atoms with Gasteiger partial charge in [0, 0.05) is 56.3 Å². The minimum Gasteiger partial charge on any atom is -0.492 e. The maximum absolute atomic E-state index is 13.9. The number of halogens is 7. The summed E-state index contributed by atoms with van der Waals surface area (Å²) in [5.74, 6) is -4.93. The molecule has 2 fully saturated rings. The molecule has 2 unspecified atom stereocenters. The number of nitrogens with one attached hydrogen (secondary N) is 1. The lowest BCUT2D eigenvalue weighted by atomic mass is 10.1. The summed E-state index contributed by atoms with van der Waals surface area (Å²) in [6.07, 6.45) is -1.46. The van der Waals surface area contributed by atoms with Crippen LogP contribution >= 0.6 is 24.8 Å². The van der Waals surface area contributed by atoms with E-state index in [1.54, 1.807) is 24.3 Å². The van der Waals surface area contributed by atoms with E-state index in [2.05, 4.69) is 5.32 Å². The van der Waals surface area contributed by atoms with E-state index < -0.39 is 46.9 Å². The summed E-state index contributed by atoms with van der Waals surface area (Å²) in [6.45, 7) is 2.74. The first-order valence-corrected chi connectivity index (χ1v) is 12.8. The van der Waals surface area contributed by atoms with E-state index in [0.717, 1.165) is 37.4 Å². The van der Waals surface area contributed by atoms with Crippen molar-refractivity contribution in [3.05, 3.63) is 94.8 Å². The number of aliphatic carboxylic acids is 1. The van der Waals surface area contributed by atoms with Gasteiger partial charge in [-0.05, 0) is 47.7 Å². The van der Waals surface area contributed by atoms with Crippen molar-refractivity contribution < 1.29 is 41.3 Å². The average molecular weight is 635 g/mol. The predicted octanol–water partition coefficient (Wildman–Crippen LogP) is 5.40. The molecule has 1 saturated carbocycles. The predicted molar refractivity (Wildman–Crippen MR) is 149 cm³/mol. The Morgan fingerprint density at radius 3 is 2.24 bits per heavy atom. The van der Waals surface area contributed by atoms with Crippen LogP contribution in [0.15, 0.2) is 54.6 Å². The highest BCUT2D eigenvalue weighted by atomic mass is 35.5.